The van der Waals surface area contributed by atoms with E-state index in [0.29, 0.717) is 11.5 Å². The molecule has 0 N–H and O–H groups in total. The van der Waals surface area contributed by atoms with Crippen molar-refractivity contribution in [2.75, 3.05) is 0 Å². The number of nitrogens with zero attached hydrogens (tertiary/aromatic N) is 2. The highest BCUT2D eigenvalue weighted by atomic mass is 19.1. The molecule has 0 aliphatic heterocycles. The molecule has 1 aromatic rings. The zero-order valence-electron chi connectivity index (χ0n) is 19.2. The Labute approximate surface area is 179 Å². The predicted molar refractivity (Wildman–Crippen MR) is 122 cm³/mol. The second-order valence-electron chi connectivity index (χ2n) is 9.34. The van der Waals surface area contributed by atoms with Crippen LogP contribution in [0.3, 0.4) is 0 Å². The fraction of sp³-hybridized carbons (Fsp3) is 0.846. The molecule has 1 aliphatic carbocycles. The first-order chi connectivity index (χ1) is 14.2. The standard InChI is InChI=1S/C26H45FN2/c1-3-5-7-9-10-12-14-16-24-21-28-26(29-25(24)27)23-19-17-22(18-20-23)15-13-11-8-6-4-2/h21-23H,3-20H2,1-2H3. The summed E-state index contributed by atoms with van der Waals surface area (Å²) in [6.07, 6.45) is 24.4. The van der Waals surface area contributed by atoms with Crippen molar-refractivity contribution in [3.8, 4) is 0 Å². The molecule has 3 heteroatoms. The van der Waals surface area contributed by atoms with Crippen LogP contribution in [0, 0.1) is 11.9 Å². The van der Waals surface area contributed by atoms with Gasteiger partial charge in [-0.3, -0.25) is 0 Å². The van der Waals surface area contributed by atoms with Crippen molar-refractivity contribution in [3.05, 3.63) is 23.5 Å². The number of unbranched alkanes of at least 4 members (excludes halogenated alkanes) is 10. The summed E-state index contributed by atoms with van der Waals surface area (Å²) in [5, 5.41) is 0. The lowest BCUT2D eigenvalue weighted by Gasteiger charge is -2.27. The van der Waals surface area contributed by atoms with Crippen LogP contribution in [-0.2, 0) is 6.42 Å². The Balaban J connectivity index is 1.65. The van der Waals surface area contributed by atoms with E-state index in [2.05, 4.69) is 23.8 Å². The van der Waals surface area contributed by atoms with Crippen molar-refractivity contribution in [2.45, 2.75) is 135 Å². The van der Waals surface area contributed by atoms with Crippen LogP contribution in [-0.4, -0.2) is 9.97 Å². The molecule has 0 amide bonds. The fourth-order valence-corrected chi connectivity index (χ4v) is 4.78. The smallest absolute Gasteiger partial charge is 0.219 e. The van der Waals surface area contributed by atoms with Crippen molar-refractivity contribution < 1.29 is 4.39 Å². The van der Waals surface area contributed by atoms with Gasteiger partial charge in [-0.25, -0.2) is 9.97 Å². The first kappa shape index (κ1) is 24.3. The zero-order valence-corrected chi connectivity index (χ0v) is 19.2. The van der Waals surface area contributed by atoms with Crippen molar-refractivity contribution in [1.82, 2.24) is 9.97 Å². The van der Waals surface area contributed by atoms with E-state index >= 15 is 0 Å². The van der Waals surface area contributed by atoms with Gasteiger partial charge in [0.2, 0.25) is 5.95 Å². The minimum absolute atomic E-state index is 0.265. The molecule has 0 atom stereocenters. The second-order valence-corrected chi connectivity index (χ2v) is 9.34. The van der Waals surface area contributed by atoms with E-state index in [1.54, 1.807) is 6.20 Å². The van der Waals surface area contributed by atoms with Crippen LogP contribution in [0.5, 0.6) is 0 Å². The Kier molecular flexibility index (Phi) is 12.5. The topological polar surface area (TPSA) is 25.8 Å². The molecule has 0 spiro atoms. The Morgan fingerprint density at radius 2 is 1.38 bits per heavy atom. The lowest BCUT2D eigenvalue weighted by atomic mass is 9.79. The maximum atomic E-state index is 14.5. The highest BCUT2D eigenvalue weighted by molar-refractivity contribution is 5.10. The average molecular weight is 405 g/mol. The molecular weight excluding hydrogens is 359 g/mol. The van der Waals surface area contributed by atoms with Crippen molar-refractivity contribution in [1.29, 1.82) is 0 Å². The normalized spacial score (nSPS) is 19.6. The molecule has 2 rings (SSSR count). The highest BCUT2D eigenvalue weighted by Crippen LogP contribution is 2.36. The Morgan fingerprint density at radius 3 is 2.00 bits per heavy atom. The maximum Gasteiger partial charge on any atom is 0.219 e. The van der Waals surface area contributed by atoms with E-state index in [9.17, 15) is 4.39 Å². The molecule has 0 bridgehead atoms. The molecule has 29 heavy (non-hydrogen) atoms. The first-order valence-electron chi connectivity index (χ1n) is 12.8. The maximum absolute atomic E-state index is 14.5. The number of aryl methyl sites for hydroxylation is 1. The first-order valence-corrected chi connectivity index (χ1v) is 12.8. The molecule has 1 fully saturated rings. The molecule has 1 aromatic heterocycles. The number of halogens is 1. The third-order valence-electron chi connectivity index (χ3n) is 6.81. The van der Waals surface area contributed by atoms with E-state index < -0.39 is 0 Å². The van der Waals surface area contributed by atoms with Crippen molar-refractivity contribution in [2.24, 2.45) is 5.92 Å². The van der Waals surface area contributed by atoms with Crippen LogP contribution in [0.4, 0.5) is 4.39 Å². The molecule has 1 heterocycles. The minimum Gasteiger partial charge on any atom is -0.241 e. The van der Waals surface area contributed by atoms with Crippen LogP contribution >= 0.6 is 0 Å². The monoisotopic (exact) mass is 404 g/mol. The number of rotatable bonds is 15. The van der Waals surface area contributed by atoms with Crippen LogP contribution in [0.25, 0.3) is 0 Å². The molecular formula is C26H45FN2. The zero-order chi connectivity index (χ0) is 20.7. The molecule has 166 valence electrons. The van der Waals surface area contributed by atoms with Gasteiger partial charge in [-0.2, -0.15) is 4.39 Å². The highest BCUT2D eigenvalue weighted by Gasteiger charge is 2.24. The van der Waals surface area contributed by atoms with Gasteiger partial charge in [-0.15, -0.1) is 0 Å². The van der Waals surface area contributed by atoms with E-state index in [-0.39, 0.29) is 5.95 Å². The summed E-state index contributed by atoms with van der Waals surface area (Å²) in [6, 6.07) is 0. The van der Waals surface area contributed by atoms with Gasteiger partial charge >= 0.3 is 0 Å². The SMILES string of the molecule is CCCCCCCCCc1cnc(C2CCC(CCCCCCC)CC2)nc1F. The summed E-state index contributed by atoms with van der Waals surface area (Å²) in [4.78, 5) is 8.85. The molecule has 0 saturated heterocycles. The van der Waals surface area contributed by atoms with E-state index in [1.165, 1.54) is 89.9 Å². The number of hydrogen-bond donors (Lipinski definition) is 0. The van der Waals surface area contributed by atoms with Crippen LogP contribution in [0.1, 0.15) is 140 Å². The van der Waals surface area contributed by atoms with Crippen LogP contribution < -0.4 is 0 Å². The number of hydrogen-bond acceptors (Lipinski definition) is 2. The third kappa shape index (κ3) is 9.57. The van der Waals surface area contributed by atoms with E-state index in [0.717, 1.165) is 37.4 Å². The minimum atomic E-state index is -0.265. The van der Waals surface area contributed by atoms with Crippen molar-refractivity contribution >= 4 is 0 Å². The van der Waals surface area contributed by atoms with Gasteiger partial charge in [0.1, 0.15) is 5.82 Å². The van der Waals surface area contributed by atoms with Crippen molar-refractivity contribution in [3.63, 3.8) is 0 Å². The summed E-state index contributed by atoms with van der Waals surface area (Å²) in [5.41, 5.74) is 0.711. The third-order valence-corrected chi connectivity index (χ3v) is 6.81. The van der Waals surface area contributed by atoms with Crippen LogP contribution in [0.15, 0.2) is 6.20 Å². The fourth-order valence-electron chi connectivity index (χ4n) is 4.78. The summed E-state index contributed by atoms with van der Waals surface area (Å²) < 4.78 is 14.5. The quantitative estimate of drug-likeness (QED) is 0.216. The van der Waals surface area contributed by atoms with Gasteiger partial charge in [0.05, 0.1) is 0 Å². The lowest BCUT2D eigenvalue weighted by Crippen LogP contribution is -2.16. The molecule has 0 radical (unpaired) electrons. The molecule has 1 aliphatic rings. The Morgan fingerprint density at radius 1 is 0.793 bits per heavy atom. The predicted octanol–water partition coefficient (Wildman–Crippen LogP) is 8.54. The average Bonchev–Trinajstić information content (AvgIpc) is 2.74. The van der Waals surface area contributed by atoms with E-state index in [4.69, 9.17) is 0 Å². The molecule has 0 unspecified atom stereocenters. The van der Waals surface area contributed by atoms with Gasteiger partial charge in [0.25, 0.3) is 0 Å². The van der Waals surface area contributed by atoms with Gasteiger partial charge in [0.15, 0.2) is 0 Å². The Hall–Kier alpha value is -0.990. The molecule has 1 saturated carbocycles. The second kappa shape index (κ2) is 14.9. The van der Waals surface area contributed by atoms with Gasteiger partial charge in [-0.05, 0) is 44.4 Å². The van der Waals surface area contributed by atoms with Gasteiger partial charge in [-0.1, -0.05) is 90.9 Å². The molecule has 0 aromatic carbocycles. The summed E-state index contributed by atoms with van der Waals surface area (Å²) in [6.45, 7) is 4.52. The summed E-state index contributed by atoms with van der Waals surface area (Å²) in [5.74, 6) is 1.73. The van der Waals surface area contributed by atoms with Gasteiger partial charge in [0, 0.05) is 17.7 Å². The molecule has 2 nitrogen and oxygen atoms in total. The van der Waals surface area contributed by atoms with E-state index in [1.807, 2.05) is 0 Å². The van der Waals surface area contributed by atoms with Gasteiger partial charge < -0.3 is 0 Å². The lowest BCUT2D eigenvalue weighted by molar-refractivity contribution is 0.294. The summed E-state index contributed by atoms with van der Waals surface area (Å²) >= 11 is 0. The van der Waals surface area contributed by atoms with Crippen LogP contribution in [0.2, 0.25) is 0 Å². The Bertz CT molecular complexity index is 538. The summed E-state index contributed by atoms with van der Waals surface area (Å²) in [7, 11) is 0. The largest absolute Gasteiger partial charge is 0.241 e. The number of aromatic nitrogens is 2.